The standard InChI is InChI=1S/C18H20F3NOS/c1-17(2,3)24-15-7-5-4-6-14(15)16(22)12-8-10-13(11-9-12)23-18(19,20)21/h4-11,16H,22H2,1-3H3/t16-/m0/s1. The average molecular weight is 355 g/mol. The Morgan fingerprint density at radius 3 is 2.08 bits per heavy atom. The van der Waals surface area contributed by atoms with Crippen LogP contribution in [0.25, 0.3) is 0 Å². The zero-order valence-corrected chi connectivity index (χ0v) is 14.5. The fourth-order valence-electron chi connectivity index (χ4n) is 2.22. The lowest BCUT2D eigenvalue weighted by molar-refractivity contribution is -0.274. The van der Waals surface area contributed by atoms with Crippen molar-refractivity contribution in [3.63, 3.8) is 0 Å². The molecular weight excluding hydrogens is 335 g/mol. The Hall–Kier alpha value is -1.66. The van der Waals surface area contributed by atoms with Gasteiger partial charge in [-0.3, -0.25) is 0 Å². The highest BCUT2D eigenvalue weighted by atomic mass is 32.2. The summed E-state index contributed by atoms with van der Waals surface area (Å²) in [6, 6.07) is 13.1. The van der Waals surface area contributed by atoms with E-state index >= 15 is 0 Å². The van der Waals surface area contributed by atoms with Crippen molar-refractivity contribution in [3.05, 3.63) is 59.7 Å². The molecule has 2 nitrogen and oxygen atoms in total. The summed E-state index contributed by atoms with van der Waals surface area (Å²) in [7, 11) is 0. The van der Waals surface area contributed by atoms with Gasteiger partial charge in [0.1, 0.15) is 5.75 Å². The Bertz CT molecular complexity index is 678. The molecule has 0 saturated carbocycles. The lowest BCUT2D eigenvalue weighted by Crippen LogP contribution is -2.17. The van der Waals surface area contributed by atoms with Gasteiger partial charge in [-0.1, -0.05) is 51.1 Å². The number of halogens is 3. The van der Waals surface area contributed by atoms with Gasteiger partial charge in [-0.15, -0.1) is 24.9 Å². The first-order chi connectivity index (χ1) is 11.1. The SMILES string of the molecule is CC(C)(C)Sc1ccccc1[C@@H](N)c1ccc(OC(F)(F)F)cc1. The van der Waals surface area contributed by atoms with E-state index in [4.69, 9.17) is 5.73 Å². The van der Waals surface area contributed by atoms with Crippen molar-refractivity contribution >= 4 is 11.8 Å². The van der Waals surface area contributed by atoms with E-state index in [2.05, 4.69) is 25.5 Å². The summed E-state index contributed by atoms with van der Waals surface area (Å²) in [5.74, 6) is -0.254. The molecule has 0 unspecified atom stereocenters. The van der Waals surface area contributed by atoms with Crippen molar-refractivity contribution in [2.24, 2.45) is 5.73 Å². The van der Waals surface area contributed by atoms with Crippen molar-refractivity contribution in [1.29, 1.82) is 0 Å². The van der Waals surface area contributed by atoms with Crippen LogP contribution in [0.1, 0.15) is 37.9 Å². The third-order valence-electron chi connectivity index (χ3n) is 3.14. The minimum Gasteiger partial charge on any atom is -0.406 e. The van der Waals surface area contributed by atoms with Gasteiger partial charge in [0, 0.05) is 9.64 Å². The molecule has 2 N–H and O–H groups in total. The van der Waals surface area contributed by atoms with E-state index in [-0.39, 0.29) is 10.5 Å². The van der Waals surface area contributed by atoms with E-state index in [1.54, 1.807) is 23.9 Å². The molecule has 0 aliphatic rings. The summed E-state index contributed by atoms with van der Waals surface area (Å²) < 4.78 is 40.6. The molecule has 1 atom stereocenters. The first-order valence-electron chi connectivity index (χ1n) is 7.44. The summed E-state index contributed by atoms with van der Waals surface area (Å²) in [4.78, 5) is 1.06. The predicted octanol–water partition coefficient (Wildman–Crippen LogP) is 5.52. The van der Waals surface area contributed by atoms with Crippen LogP contribution < -0.4 is 10.5 Å². The van der Waals surface area contributed by atoms with Crippen LogP contribution in [-0.2, 0) is 0 Å². The lowest BCUT2D eigenvalue weighted by Gasteiger charge is -2.22. The van der Waals surface area contributed by atoms with Gasteiger partial charge in [-0.05, 0) is 29.3 Å². The number of benzene rings is 2. The number of hydrogen-bond donors (Lipinski definition) is 1. The zero-order chi connectivity index (χ0) is 18.0. The second kappa shape index (κ2) is 7.07. The number of nitrogens with two attached hydrogens (primary N) is 1. The third-order valence-corrected chi connectivity index (χ3v) is 4.35. The molecule has 0 fully saturated rings. The second-order valence-electron chi connectivity index (χ2n) is 6.35. The maximum Gasteiger partial charge on any atom is 0.573 e. The quantitative estimate of drug-likeness (QED) is 0.733. The minimum atomic E-state index is -4.69. The van der Waals surface area contributed by atoms with Gasteiger partial charge in [0.15, 0.2) is 0 Å². The van der Waals surface area contributed by atoms with Crippen LogP contribution in [0, 0.1) is 0 Å². The number of hydrogen-bond acceptors (Lipinski definition) is 3. The van der Waals surface area contributed by atoms with Gasteiger partial charge >= 0.3 is 6.36 Å². The average Bonchev–Trinajstić information content (AvgIpc) is 2.44. The zero-order valence-electron chi connectivity index (χ0n) is 13.7. The molecule has 0 spiro atoms. The van der Waals surface area contributed by atoms with E-state index in [9.17, 15) is 13.2 Å². The number of alkyl halides is 3. The molecule has 2 aromatic carbocycles. The topological polar surface area (TPSA) is 35.2 Å². The van der Waals surface area contributed by atoms with E-state index in [1.807, 2.05) is 24.3 Å². The van der Waals surface area contributed by atoms with Gasteiger partial charge < -0.3 is 10.5 Å². The molecule has 0 amide bonds. The molecule has 0 aliphatic heterocycles. The molecule has 2 rings (SSSR count). The van der Waals surface area contributed by atoms with Crippen LogP contribution in [0.4, 0.5) is 13.2 Å². The lowest BCUT2D eigenvalue weighted by atomic mass is 9.99. The largest absolute Gasteiger partial charge is 0.573 e. The van der Waals surface area contributed by atoms with Gasteiger partial charge in [0.2, 0.25) is 0 Å². The third kappa shape index (κ3) is 5.46. The maximum atomic E-state index is 12.2. The van der Waals surface area contributed by atoms with E-state index in [0.717, 1.165) is 16.0 Å². The molecular formula is C18H20F3NOS. The first-order valence-corrected chi connectivity index (χ1v) is 8.26. The number of thioether (sulfide) groups is 1. The molecule has 0 aliphatic carbocycles. The van der Waals surface area contributed by atoms with Gasteiger partial charge in [0.25, 0.3) is 0 Å². The Kier molecular flexibility index (Phi) is 5.50. The molecule has 130 valence electrons. The minimum absolute atomic E-state index is 0.0280. The Labute approximate surface area is 144 Å². The number of ether oxygens (including phenoxy) is 1. The van der Waals surface area contributed by atoms with E-state index in [0.29, 0.717) is 0 Å². The van der Waals surface area contributed by atoms with Crippen molar-refractivity contribution in [2.45, 2.75) is 42.8 Å². The van der Waals surface area contributed by atoms with Crippen molar-refractivity contribution in [3.8, 4) is 5.75 Å². The Morgan fingerprint density at radius 1 is 0.958 bits per heavy atom. The van der Waals surface area contributed by atoms with Gasteiger partial charge in [-0.25, -0.2) is 0 Å². The van der Waals surface area contributed by atoms with Crippen LogP contribution in [0.2, 0.25) is 0 Å². The monoisotopic (exact) mass is 355 g/mol. The van der Waals surface area contributed by atoms with E-state index in [1.165, 1.54) is 12.1 Å². The van der Waals surface area contributed by atoms with Crippen molar-refractivity contribution in [2.75, 3.05) is 0 Å². The van der Waals surface area contributed by atoms with Crippen LogP contribution in [0.15, 0.2) is 53.4 Å². The molecule has 24 heavy (non-hydrogen) atoms. The highest BCUT2D eigenvalue weighted by Crippen LogP contribution is 2.37. The predicted molar refractivity (Wildman–Crippen MR) is 91.2 cm³/mol. The summed E-state index contributed by atoms with van der Waals surface area (Å²) in [6.45, 7) is 6.34. The van der Waals surface area contributed by atoms with Crippen LogP contribution in [-0.4, -0.2) is 11.1 Å². The van der Waals surface area contributed by atoms with Crippen LogP contribution in [0.5, 0.6) is 5.75 Å². The molecule has 0 heterocycles. The van der Waals surface area contributed by atoms with Gasteiger partial charge in [0.05, 0.1) is 6.04 Å². The summed E-state index contributed by atoms with van der Waals surface area (Å²) in [5.41, 5.74) is 8.01. The summed E-state index contributed by atoms with van der Waals surface area (Å²) >= 11 is 1.71. The fourth-order valence-corrected chi connectivity index (χ4v) is 3.34. The van der Waals surface area contributed by atoms with Crippen LogP contribution in [0.3, 0.4) is 0 Å². The smallest absolute Gasteiger partial charge is 0.406 e. The van der Waals surface area contributed by atoms with Crippen LogP contribution >= 0.6 is 11.8 Å². The normalized spacial score (nSPS) is 13.6. The van der Waals surface area contributed by atoms with E-state index < -0.39 is 12.4 Å². The van der Waals surface area contributed by atoms with Gasteiger partial charge in [-0.2, -0.15) is 0 Å². The van der Waals surface area contributed by atoms with Crippen molar-refractivity contribution in [1.82, 2.24) is 0 Å². The molecule has 2 aromatic rings. The summed E-state index contributed by atoms with van der Waals surface area (Å²) in [5, 5.41) is 0. The molecule has 0 saturated heterocycles. The molecule has 0 bridgehead atoms. The fraction of sp³-hybridized carbons (Fsp3) is 0.333. The number of rotatable bonds is 4. The molecule has 0 radical (unpaired) electrons. The Morgan fingerprint density at radius 2 is 1.54 bits per heavy atom. The van der Waals surface area contributed by atoms with Crippen molar-refractivity contribution < 1.29 is 17.9 Å². The highest BCUT2D eigenvalue weighted by Gasteiger charge is 2.31. The molecule has 6 heteroatoms. The second-order valence-corrected chi connectivity index (χ2v) is 8.22. The maximum absolute atomic E-state index is 12.2. The molecule has 0 aromatic heterocycles. The summed E-state index contributed by atoms with van der Waals surface area (Å²) in [6.07, 6.45) is -4.69. The Balaban J connectivity index is 2.24. The first kappa shape index (κ1) is 18.7. The highest BCUT2D eigenvalue weighted by molar-refractivity contribution is 8.00.